The van der Waals surface area contributed by atoms with Crippen LogP contribution in [0.3, 0.4) is 0 Å². The van der Waals surface area contributed by atoms with Gasteiger partial charge in [-0.3, -0.25) is 0 Å². The van der Waals surface area contributed by atoms with Gasteiger partial charge in [0.05, 0.1) is 16.0 Å². The molecule has 0 aliphatic carbocycles. The molecule has 1 aliphatic heterocycles. The van der Waals surface area contributed by atoms with Gasteiger partial charge in [-0.15, -0.1) is 23.7 Å². The Kier molecular flexibility index (Phi) is 7.00. The Morgan fingerprint density at radius 3 is 2.54 bits per heavy atom. The second kappa shape index (κ2) is 9.27. The average molecular weight is 435 g/mol. The lowest BCUT2D eigenvalue weighted by molar-refractivity contribution is 0.242. The maximum absolute atomic E-state index is 6.40. The first kappa shape index (κ1) is 21.1. The summed E-state index contributed by atoms with van der Waals surface area (Å²) in [5.41, 5.74) is 5.15. The van der Waals surface area contributed by atoms with Gasteiger partial charge < -0.3 is 10.1 Å². The third-order valence-electron chi connectivity index (χ3n) is 4.68. The minimum atomic E-state index is 0. The molecular weight excluding hydrogens is 411 g/mol. The van der Waals surface area contributed by atoms with Crippen molar-refractivity contribution in [1.82, 2.24) is 10.3 Å². The van der Waals surface area contributed by atoms with Crippen LogP contribution in [0.25, 0.3) is 21.0 Å². The van der Waals surface area contributed by atoms with Crippen LogP contribution in [0.5, 0.6) is 5.75 Å². The lowest BCUT2D eigenvalue weighted by atomic mass is 10.0. The molecule has 6 heteroatoms. The van der Waals surface area contributed by atoms with E-state index in [9.17, 15) is 0 Å². The van der Waals surface area contributed by atoms with E-state index in [0.717, 1.165) is 47.1 Å². The van der Waals surface area contributed by atoms with E-state index >= 15 is 0 Å². The standard InChI is InChI=1S/C22H23ClN2OS.ClH/c1-14(2)26-20-6-5-17(12-19(20)23)21-13-25-22(27-21)18-4-3-15-7-9-24-10-8-16(15)11-18;/h3-6,11-14,24H,7-10H2,1-2H3;1H. The highest BCUT2D eigenvalue weighted by Gasteiger charge is 2.13. The maximum atomic E-state index is 6.40. The molecule has 0 atom stereocenters. The molecule has 0 unspecified atom stereocenters. The minimum absolute atomic E-state index is 0. The van der Waals surface area contributed by atoms with Crippen LogP contribution in [-0.4, -0.2) is 24.2 Å². The van der Waals surface area contributed by atoms with Crippen molar-refractivity contribution in [3.8, 4) is 26.8 Å². The van der Waals surface area contributed by atoms with Crippen molar-refractivity contribution in [3.63, 3.8) is 0 Å². The molecule has 0 spiro atoms. The number of thiazole rings is 1. The summed E-state index contributed by atoms with van der Waals surface area (Å²) in [6, 6.07) is 12.7. The molecule has 2 heterocycles. The van der Waals surface area contributed by atoms with Gasteiger partial charge in [0, 0.05) is 11.8 Å². The van der Waals surface area contributed by atoms with E-state index in [2.05, 4.69) is 28.5 Å². The second-order valence-electron chi connectivity index (χ2n) is 7.07. The molecule has 2 aromatic carbocycles. The first-order valence-electron chi connectivity index (χ1n) is 9.35. The maximum Gasteiger partial charge on any atom is 0.138 e. The third-order valence-corrected chi connectivity index (χ3v) is 6.07. The van der Waals surface area contributed by atoms with Gasteiger partial charge in [-0.05, 0) is 80.7 Å². The molecule has 3 aromatic rings. The van der Waals surface area contributed by atoms with Gasteiger partial charge in [0.2, 0.25) is 0 Å². The molecule has 148 valence electrons. The van der Waals surface area contributed by atoms with Crippen LogP contribution < -0.4 is 10.1 Å². The van der Waals surface area contributed by atoms with Crippen LogP contribution >= 0.6 is 35.3 Å². The zero-order valence-electron chi connectivity index (χ0n) is 16.0. The minimum Gasteiger partial charge on any atom is -0.489 e. The molecule has 0 amide bonds. The summed E-state index contributed by atoms with van der Waals surface area (Å²) >= 11 is 8.09. The smallest absolute Gasteiger partial charge is 0.138 e. The van der Waals surface area contributed by atoms with E-state index < -0.39 is 0 Å². The summed E-state index contributed by atoms with van der Waals surface area (Å²) in [6.07, 6.45) is 4.21. The molecule has 0 radical (unpaired) electrons. The van der Waals surface area contributed by atoms with Crippen LogP contribution in [0, 0.1) is 0 Å². The number of hydrogen-bond acceptors (Lipinski definition) is 4. The molecule has 0 saturated carbocycles. The highest BCUT2D eigenvalue weighted by Crippen LogP contribution is 2.36. The van der Waals surface area contributed by atoms with Gasteiger partial charge in [-0.25, -0.2) is 4.98 Å². The summed E-state index contributed by atoms with van der Waals surface area (Å²) < 4.78 is 5.72. The number of fused-ring (bicyclic) bond motifs is 1. The average Bonchev–Trinajstić information content (AvgIpc) is 3.02. The highest BCUT2D eigenvalue weighted by atomic mass is 35.5. The molecule has 4 rings (SSSR count). The zero-order chi connectivity index (χ0) is 18.8. The van der Waals surface area contributed by atoms with E-state index in [-0.39, 0.29) is 18.5 Å². The van der Waals surface area contributed by atoms with Crippen molar-refractivity contribution in [1.29, 1.82) is 0 Å². The van der Waals surface area contributed by atoms with Crippen molar-refractivity contribution in [2.45, 2.75) is 32.8 Å². The SMILES string of the molecule is CC(C)Oc1ccc(-c2cnc(-c3ccc4c(c3)CCNCC4)s2)cc1Cl.Cl. The summed E-state index contributed by atoms with van der Waals surface area (Å²) in [6.45, 7) is 6.10. The predicted octanol–water partition coefficient (Wildman–Crippen LogP) is 6.03. The van der Waals surface area contributed by atoms with Crippen molar-refractivity contribution in [3.05, 3.63) is 58.7 Å². The second-order valence-corrected chi connectivity index (χ2v) is 8.51. The van der Waals surface area contributed by atoms with Crippen LogP contribution in [-0.2, 0) is 12.8 Å². The number of rotatable bonds is 4. The number of nitrogens with zero attached hydrogens (tertiary/aromatic N) is 1. The first-order chi connectivity index (χ1) is 13.1. The number of aromatic nitrogens is 1. The van der Waals surface area contributed by atoms with E-state index in [0.29, 0.717) is 5.02 Å². The zero-order valence-corrected chi connectivity index (χ0v) is 18.4. The molecule has 0 bridgehead atoms. The van der Waals surface area contributed by atoms with Gasteiger partial charge in [0.1, 0.15) is 10.8 Å². The number of nitrogens with one attached hydrogen (secondary N) is 1. The summed E-state index contributed by atoms with van der Waals surface area (Å²) in [5, 5.41) is 5.14. The van der Waals surface area contributed by atoms with E-state index in [1.807, 2.05) is 38.2 Å². The van der Waals surface area contributed by atoms with Crippen LogP contribution in [0.4, 0.5) is 0 Å². The Morgan fingerprint density at radius 1 is 1.04 bits per heavy atom. The van der Waals surface area contributed by atoms with Crippen molar-refractivity contribution in [2.75, 3.05) is 13.1 Å². The van der Waals surface area contributed by atoms with E-state index in [1.54, 1.807) is 11.3 Å². The topological polar surface area (TPSA) is 34.1 Å². The van der Waals surface area contributed by atoms with Gasteiger partial charge in [-0.2, -0.15) is 0 Å². The lowest BCUT2D eigenvalue weighted by Crippen LogP contribution is -2.16. The first-order valence-corrected chi connectivity index (χ1v) is 10.5. The number of hydrogen-bond donors (Lipinski definition) is 1. The fourth-order valence-corrected chi connectivity index (χ4v) is 4.49. The Labute approximate surface area is 181 Å². The van der Waals surface area contributed by atoms with E-state index in [1.165, 1.54) is 16.7 Å². The van der Waals surface area contributed by atoms with Crippen LogP contribution in [0.1, 0.15) is 25.0 Å². The molecular formula is C22H24Cl2N2OS. The largest absolute Gasteiger partial charge is 0.489 e. The van der Waals surface area contributed by atoms with Crippen LogP contribution in [0.2, 0.25) is 5.02 Å². The fraction of sp³-hybridized carbons (Fsp3) is 0.318. The normalized spacial score (nSPS) is 13.6. The van der Waals surface area contributed by atoms with Crippen molar-refractivity contribution < 1.29 is 4.74 Å². The molecule has 3 nitrogen and oxygen atoms in total. The molecule has 0 fully saturated rings. The Balaban J connectivity index is 0.00000225. The Hall–Kier alpha value is -1.59. The van der Waals surface area contributed by atoms with Gasteiger partial charge >= 0.3 is 0 Å². The van der Waals surface area contributed by atoms with Crippen molar-refractivity contribution in [2.24, 2.45) is 0 Å². The monoisotopic (exact) mass is 434 g/mol. The van der Waals surface area contributed by atoms with Gasteiger partial charge in [-0.1, -0.05) is 23.7 Å². The molecule has 28 heavy (non-hydrogen) atoms. The molecule has 1 aliphatic rings. The number of benzene rings is 2. The molecule has 0 saturated heterocycles. The van der Waals surface area contributed by atoms with Gasteiger partial charge in [0.25, 0.3) is 0 Å². The molecule has 1 aromatic heterocycles. The van der Waals surface area contributed by atoms with E-state index in [4.69, 9.17) is 16.3 Å². The summed E-state index contributed by atoms with van der Waals surface area (Å²) in [7, 11) is 0. The summed E-state index contributed by atoms with van der Waals surface area (Å²) in [4.78, 5) is 5.77. The predicted molar refractivity (Wildman–Crippen MR) is 121 cm³/mol. The highest BCUT2D eigenvalue weighted by molar-refractivity contribution is 7.18. The Bertz CT molecular complexity index is 955. The van der Waals surface area contributed by atoms with Gasteiger partial charge in [0.15, 0.2) is 0 Å². The quantitative estimate of drug-likeness (QED) is 0.544. The Morgan fingerprint density at radius 2 is 1.79 bits per heavy atom. The van der Waals surface area contributed by atoms with Crippen molar-refractivity contribution >= 4 is 35.3 Å². The number of halogens is 2. The fourth-order valence-electron chi connectivity index (χ4n) is 3.35. The summed E-state index contributed by atoms with van der Waals surface area (Å²) in [5.74, 6) is 0.722. The van der Waals surface area contributed by atoms with Crippen LogP contribution in [0.15, 0.2) is 42.6 Å². The lowest BCUT2D eigenvalue weighted by Gasteiger charge is -2.11. The molecule has 1 N–H and O–H groups in total. The number of ether oxygens (including phenoxy) is 1. The third kappa shape index (κ3) is 4.69.